The van der Waals surface area contributed by atoms with E-state index in [1.54, 1.807) is 0 Å². The van der Waals surface area contributed by atoms with Gasteiger partial charge < -0.3 is 9.26 Å². The summed E-state index contributed by atoms with van der Waals surface area (Å²) in [6.45, 7) is 3.88. The first kappa shape index (κ1) is 13.8. The number of aromatic nitrogens is 3. The van der Waals surface area contributed by atoms with Crippen LogP contribution in [-0.2, 0) is 11.3 Å². The molecule has 0 unspecified atom stereocenters. The number of hydrogen-bond donors (Lipinski definition) is 0. The van der Waals surface area contributed by atoms with Crippen LogP contribution in [0, 0.1) is 6.92 Å². The zero-order valence-corrected chi connectivity index (χ0v) is 12.7. The molecule has 0 aliphatic carbocycles. The number of rotatable bonds is 3. The van der Waals surface area contributed by atoms with Gasteiger partial charge in [-0.05, 0) is 43.9 Å². The Morgan fingerprint density at radius 3 is 2.86 bits per heavy atom. The minimum atomic E-state index is -0.0386. The molecule has 3 atom stereocenters. The van der Waals surface area contributed by atoms with Gasteiger partial charge in [0.1, 0.15) is 6.10 Å². The number of hydrogen-bond acceptors (Lipinski definition) is 6. The Labute approximate surface area is 129 Å². The second-order valence-electron chi connectivity index (χ2n) is 6.10. The van der Waals surface area contributed by atoms with Crippen molar-refractivity contribution in [3.63, 3.8) is 0 Å². The highest BCUT2D eigenvalue weighted by Crippen LogP contribution is 2.37. The summed E-state index contributed by atoms with van der Waals surface area (Å²) < 4.78 is 11.5. The Kier molecular flexibility index (Phi) is 3.63. The molecule has 4 rings (SSSR count). The predicted molar refractivity (Wildman–Crippen MR) is 78.9 cm³/mol. The molecule has 0 radical (unpaired) electrons. The van der Waals surface area contributed by atoms with Crippen LogP contribution in [0.1, 0.15) is 42.6 Å². The smallest absolute Gasteiger partial charge is 0.255 e. The molecule has 0 spiro atoms. The highest BCUT2D eigenvalue weighted by Gasteiger charge is 2.41. The van der Waals surface area contributed by atoms with Crippen molar-refractivity contribution >= 4 is 0 Å². The molecule has 2 aromatic heterocycles. The molecule has 6 nitrogen and oxygen atoms in total. The lowest BCUT2D eigenvalue weighted by Crippen LogP contribution is -2.40. The third kappa shape index (κ3) is 2.64. The van der Waals surface area contributed by atoms with Crippen molar-refractivity contribution in [2.45, 2.75) is 51.0 Å². The highest BCUT2D eigenvalue weighted by atomic mass is 16.5. The van der Waals surface area contributed by atoms with Crippen molar-refractivity contribution in [2.24, 2.45) is 0 Å². The molecule has 0 amide bonds. The van der Waals surface area contributed by atoms with Gasteiger partial charge in [0.2, 0.25) is 0 Å². The van der Waals surface area contributed by atoms with Gasteiger partial charge in [0.25, 0.3) is 5.89 Å². The monoisotopic (exact) mass is 300 g/mol. The standard InChI is InChI=1S/C16H20N4O2/c1-11-18-16(22-19-11)15-3-2-13-14(21-15)6-9-20(13)10-12-4-7-17-8-5-12/h4-5,7-8,13-15H,2-3,6,9-10H2,1H3/t13-,14-,15-/m0/s1. The van der Waals surface area contributed by atoms with Gasteiger partial charge >= 0.3 is 0 Å². The zero-order valence-electron chi connectivity index (χ0n) is 12.7. The third-order valence-electron chi connectivity index (χ3n) is 4.62. The molecule has 4 heterocycles. The van der Waals surface area contributed by atoms with Gasteiger partial charge in [0.15, 0.2) is 5.82 Å². The topological polar surface area (TPSA) is 64.3 Å². The molecule has 2 aromatic rings. The van der Waals surface area contributed by atoms with E-state index in [9.17, 15) is 0 Å². The van der Waals surface area contributed by atoms with E-state index in [2.05, 4.69) is 32.2 Å². The molecule has 116 valence electrons. The molecule has 6 heteroatoms. The van der Waals surface area contributed by atoms with E-state index in [4.69, 9.17) is 9.26 Å². The van der Waals surface area contributed by atoms with Crippen molar-refractivity contribution in [2.75, 3.05) is 6.54 Å². The van der Waals surface area contributed by atoms with E-state index >= 15 is 0 Å². The summed E-state index contributed by atoms with van der Waals surface area (Å²) >= 11 is 0. The van der Waals surface area contributed by atoms with Gasteiger partial charge in [-0.2, -0.15) is 4.98 Å². The summed E-state index contributed by atoms with van der Waals surface area (Å²) in [6.07, 6.45) is 7.07. The van der Waals surface area contributed by atoms with Crippen LogP contribution in [0.3, 0.4) is 0 Å². The van der Waals surface area contributed by atoms with E-state index in [1.807, 2.05) is 19.3 Å². The van der Waals surface area contributed by atoms with Crippen LogP contribution < -0.4 is 0 Å². The van der Waals surface area contributed by atoms with Gasteiger partial charge in [0, 0.05) is 31.5 Å². The molecule has 0 bridgehead atoms. The fraction of sp³-hybridized carbons (Fsp3) is 0.562. The minimum Gasteiger partial charge on any atom is -0.363 e. The Balaban J connectivity index is 1.42. The van der Waals surface area contributed by atoms with E-state index < -0.39 is 0 Å². The van der Waals surface area contributed by atoms with Gasteiger partial charge in [0.05, 0.1) is 6.10 Å². The fourth-order valence-corrected chi connectivity index (χ4v) is 3.56. The van der Waals surface area contributed by atoms with Gasteiger partial charge in [-0.15, -0.1) is 0 Å². The third-order valence-corrected chi connectivity index (χ3v) is 4.62. The lowest BCUT2D eigenvalue weighted by Gasteiger charge is -2.34. The van der Waals surface area contributed by atoms with Crippen molar-refractivity contribution in [1.82, 2.24) is 20.0 Å². The van der Waals surface area contributed by atoms with Crippen LogP contribution in [0.15, 0.2) is 29.0 Å². The Hall–Kier alpha value is -1.79. The largest absolute Gasteiger partial charge is 0.363 e. The lowest BCUT2D eigenvalue weighted by atomic mass is 9.99. The zero-order chi connectivity index (χ0) is 14.9. The molecule has 0 aromatic carbocycles. The van der Waals surface area contributed by atoms with E-state index in [0.717, 1.165) is 32.4 Å². The molecule has 0 N–H and O–H groups in total. The van der Waals surface area contributed by atoms with E-state index in [1.165, 1.54) is 5.56 Å². The first-order chi connectivity index (χ1) is 10.8. The Bertz CT molecular complexity index is 630. The van der Waals surface area contributed by atoms with Crippen LogP contribution in [-0.4, -0.2) is 38.7 Å². The Morgan fingerprint density at radius 1 is 1.23 bits per heavy atom. The fourth-order valence-electron chi connectivity index (χ4n) is 3.56. The maximum absolute atomic E-state index is 6.23. The summed E-state index contributed by atoms with van der Waals surface area (Å²) in [4.78, 5) is 10.9. The molecule has 2 saturated heterocycles. The second kappa shape index (κ2) is 5.78. The molecule has 2 aliphatic heterocycles. The Morgan fingerprint density at radius 2 is 2.09 bits per heavy atom. The first-order valence-electron chi connectivity index (χ1n) is 7.88. The van der Waals surface area contributed by atoms with Crippen LogP contribution in [0.5, 0.6) is 0 Å². The van der Waals surface area contributed by atoms with Crippen molar-refractivity contribution in [1.29, 1.82) is 0 Å². The SMILES string of the molecule is Cc1noc([C@@H]2CC[C@H]3[C@H](CCN3Cc3ccncc3)O2)n1. The maximum Gasteiger partial charge on any atom is 0.255 e. The number of nitrogens with zero attached hydrogens (tertiary/aromatic N) is 4. The van der Waals surface area contributed by atoms with E-state index in [-0.39, 0.29) is 12.2 Å². The summed E-state index contributed by atoms with van der Waals surface area (Å²) in [5.41, 5.74) is 1.31. The number of pyridine rings is 1. The summed E-state index contributed by atoms with van der Waals surface area (Å²) in [5, 5.41) is 3.87. The van der Waals surface area contributed by atoms with Gasteiger partial charge in [-0.1, -0.05) is 5.16 Å². The van der Waals surface area contributed by atoms with Crippen molar-refractivity contribution in [3.05, 3.63) is 41.8 Å². The maximum atomic E-state index is 6.23. The number of ether oxygens (including phenoxy) is 1. The van der Waals surface area contributed by atoms with Crippen LogP contribution in [0.25, 0.3) is 0 Å². The molecular weight excluding hydrogens is 280 g/mol. The van der Waals surface area contributed by atoms with Crippen LogP contribution in [0.4, 0.5) is 0 Å². The molecule has 0 saturated carbocycles. The van der Waals surface area contributed by atoms with Gasteiger partial charge in [-0.3, -0.25) is 9.88 Å². The summed E-state index contributed by atoms with van der Waals surface area (Å²) in [7, 11) is 0. The molecule has 2 fully saturated rings. The van der Waals surface area contributed by atoms with Crippen LogP contribution in [0.2, 0.25) is 0 Å². The average molecular weight is 300 g/mol. The molecular formula is C16H20N4O2. The summed E-state index contributed by atoms with van der Waals surface area (Å²) in [6, 6.07) is 4.66. The second-order valence-corrected chi connectivity index (χ2v) is 6.10. The highest BCUT2D eigenvalue weighted by molar-refractivity contribution is 5.10. The lowest BCUT2D eigenvalue weighted by molar-refractivity contribution is -0.0831. The van der Waals surface area contributed by atoms with Crippen molar-refractivity contribution in [3.8, 4) is 0 Å². The average Bonchev–Trinajstić information content (AvgIpc) is 3.15. The quantitative estimate of drug-likeness (QED) is 0.866. The first-order valence-corrected chi connectivity index (χ1v) is 7.88. The van der Waals surface area contributed by atoms with E-state index in [0.29, 0.717) is 17.8 Å². The minimum absolute atomic E-state index is 0.0386. The predicted octanol–water partition coefficient (Wildman–Crippen LogP) is 2.27. The molecule has 22 heavy (non-hydrogen) atoms. The normalized spacial score (nSPS) is 28.7. The van der Waals surface area contributed by atoms with Gasteiger partial charge in [-0.25, -0.2) is 0 Å². The summed E-state index contributed by atoms with van der Waals surface area (Å²) in [5.74, 6) is 1.30. The number of likely N-dealkylation sites (tertiary alicyclic amines) is 1. The number of aryl methyl sites for hydroxylation is 1. The van der Waals surface area contributed by atoms with Crippen LogP contribution >= 0.6 is 0 Å². The number of fused-ring (bicyclic) bond motifs is 1. The van der Waals surface area contributed by atoms with Crippen molar-refractivity contribution < 1.29 is 9.26 Å². The molecule has 2 aliphatic rings.